The zero-order valence-electron chi connectivity index (χ0n) is 16.8. The van der Waals surface area contributed by atoms with E-state index < -0.39 is 28.0 Å². The quantitative estimate of drug-likeness (QED) is 0.337. The van der Waals surface area contributed by atoms with E-state index in [0.29, 0.717) is 11.3 Å². The number of para-hydroxylation sites is 1. The molecule has 33 heavy (non-hydrogen) atoms. The minimum absolute atomic E-state index is 0.0394. The van der Waals surface area contributed by atoms with Gasteiger partial charge in [0.2, 0.25) is 0 Å². The van der Waals surface area contributed by atoms with Gasteiger partial charge in [-0.2, -0.15) is 8.42 Å². The molecule has 3 aromatic carbocycles. The van der Waals surface area contributed by atoms with Crippen LogP contribution in [0, 0.1) is 0 Å². The van der Waals surface area contributed by atoms with Crippen molar-refractivity contribution < 1.29 is 27.0 Å². The van der Waals surface area contributed by atoms with Crippen LogP contribution in [0.15, 0.2) is 89.3 Å². The van der Waals surface area contributed by atoms with Crippen molar-refractivity contribution in [3.63, 3.8) is 0 Å². The fourth-order valence-corrected chi connectivity index (χ4v) is 4.31. The van der Waals surface area contributed by atoms with Gasteiger partial charge in [-0.15, -0.1) is 0 Å². The highest BCUT2D eigenvalue weighted by atomic mass is 35.5. The highest BCUT2D eigenvalue weighted by molar-refractivity contribution is 7.87. The summed E-state index contributed by atoms with van der Waals surface area (Å²) in [6.07, 6.45) is 1.25. The van der Waals surface area contributed by atoms with Crippen LogP contribution >= 0.6 is 11.6 Å². The van der Waals surface area contributed by atoms with Crippen LogP contribution in [0.25, 0.3) is 6.08 Å². The van der Waals surface area contributed by atoms with Crippen LogP contribution in [0.2, 0.25) is 5.02 Å². The summed E-state index contributed by atoms with van der Waals surface area (Å²) in [7, 11) is -4.10. The molecule has 0 saturated carbocycles. The van der Waals surface area contributed by atoms with E-state index in [1.54, 1.807) is 48.5 Å². The Hall–Kier alpha value is -3.95. The number of hydrogen-bond acceptors (Lipinski definition) is 6. The van der Waals surface area contributed by atoms with Gasteiger partial charge in [-0.25, -0.2) is 9.69 Å². The molecule has 0 unspecified atom stereocenters. The first-order valence-corrected chi connectivity index (χ1v) is 11.3. The maximum atomic E-state index is 12.9. The molecule has 4 rings (SSSR count). The predicted molar refractivity (Wildman–Crippen MR) is 121 cm³/mol. The van der Waals surface area contributed by atoms with Gasteiger partial charge in [0, 0.05) is 0 Å². The van der Waals surface area contributed by atoms with E-state index in [4.69, 9.17) is 15.8 Å². The number of carbonyl (C=O) groups is 3. The number of carbonyl (C=O) groups excluding carboxylic acids is 3. The fourth-order valence-electron chi connectivity index (χ4n) is 3.06. The van der Waals surface area contributed by atoms with Crippen LogP contribution in [-0.4, -0.2) is 26.3 Å². The first-order chi connectivity index (χ1) is 15.8. The highest BCUT2D eigenvalue weighted by Gasteiger charge is 2.36. The topological polar surface area (TPSA) is 110 Å². The smallest absolute Gasteiger partial charge is 0.339 e. The number of barbiturate groups is 1. The van der Waals surface area contributed by atoms with E-state index in [0.717, 1.165) is 4.90 Å². The molecule has 0 atom stereocenters. The molecule has 166 valence electrons. The zero-order chi connectivity index (χ0) is 23.6. The van der Waals surface area contributed by atoms with E-state index in [9.17, 15) is 22.8 Å². The Morgan fingerprint density at radius 3 is 2.15 bits per heavy atom. The number of halogens is 1. The van der Waals surface area contributed by atoms with Crippen molar-refractivity contribution in [2.45, 2.75) is 4.90 Å². The lowest BCUT2D eigenvalue weighted by molar-refractivity contribution is -0.122. The van der Waals surface area contributed by atoms with Gasteiger partial charge in [-0.3, -0.25) is 14.9 Å². The summed E-state index contributed by atoms with van der Waals surface area (Å²) < 4.78 is 29.9. The number of rotatable bonds is 5. The number of anilines is 1. The maximum absolute atomic E-state index is 12.9. The lowest BCUT2D eigenvalue weighted by atomic mass is 10.1. The summed E-state index contributed by atoms with van der Waals surface area (Å²) in [6.45, 7) is 0. The number of hydrogen-bond donors (Lipinski definition) is 1. The molecule has 3 aromatic rings. The van der Waals surface area contributed by atoms with E-state index in [-0.39, 0.29) is 21.2 Å². The number of nitrogens with one attached hydrogen (secondary N) is 1. The molecular weight excluding hydrogens is 468 g/mol. The Kier molecular flexibility index (Phi) is 5.99. The average Bonchev–Trinajstić information content (AvgIpc) is 2.79. The predicted octanol–water partition coefficient (Wildman–Crippen LogP) is 3.77. The van der Waals surface area contributed by atoms with Gasteiger partial charge in [0.05, 0.1) is 10.7 Å². The monoisotopic (exact) mass is 482 g/mol. The zero-order valence-corrected chi connectivity index (χ0v) is 18.3. The van der Waals surface area contributed by atoms with Crippen molar-refractivity contribution in [1.82, 2.24) is 5.32 Å². The van der Waals surface area contributed by atoms with Gasteiger partial charge in [0.25, 0.3) is 11.8 Å². The second-order valence-electron chi connectivity index (χ2n) is 6.83. The van der Waals surface area contributed by atoms with Crippen molar-refractivity contribution in [2.75, 3.05) is 4.90 Å². The number of nitrogens with zero attached hydrogens (tertiary/aromatic N) is 1. The standard InChI is InChI=1S/C23H15ClN2O6S/c24-19-14-15(11-12-20(19)32-33(30,31)17-9-5-2-6-10-17)13-18-21(27)25-23(29)26(22(18)28)16-7-3-1-4-8-16/h1-14H,(H,25,27,29)/b18-13+. The van der Waals surface area contributed by atoms with Gasteiger partial charge < -0.3 is 4.18 Å². The maximum Gasteiger partial charge on any atom is 0.339 e. The van der Waals surface area contributed by atoms with Gasteiger partial charge in [0.1, 0.15) is 10.5 Å². The van der Waals surface area contributed by atoms with Crippen LogP contribution in [-0.2, 0) is 19.7 Å². The highest BCUT2D eigenvalue weighted by Crippen LogP contribution is 2.30. The van der Waals surface area contributed by atoms with Crippen molar-refractivity contribution >= 4 is 51.3 Å². The molecule has 0 radical (unpaired) electrons. The summed E-state index contributed by atoms with van der Waals surface area (Å²) in [5, 5.41) is 2.07. The lowest BCUT2D eigenvalue weighted by Gasteiger charge is -2.26. The molecule has 1 fully saturated rings. The van der Waals surface area contributed by atoms with E-state index in [1.165, 1.54) is 36.4 Å². The minimum Gasteiger partial charge on any atom is -0.377 e. The van der Waals surface area contributed by atoms with Crippen molar-refractivity contribution in [2.24, 2.45) is 0 Å². The van der Waals surface area contributed by atoms with Gasteiger partial charge in [-0.05, 0) is 48.0 Å². The molecule has 4 amide bonds. The molecule has 10 heteroatoms. The molecule has 0 bridgehead atoms. The molecular formula is C23H15ClN2O6S. The molecule has 1 saturated heterocycles. The Morgan fingerprint density at radius 2 is 1.52 bits per heavy atom. The molecule has 1 aliphatic heterocycles. The Labute approximate surface area is 194 Å². The summed E-state index contributed by atoms with van der Waals surface area (Å²) in [4.78, 5) is 38.2. The molecule has 0 aliphatic carbocycles. The second kappa shape index (κ2) is 8.89. The average molecular weight is 483 g/mol. The van der Waals surface area contributed by atoms with Crippen molar-refractivity contribution in [1.29, 1.82) is 0 Å². The van der Waals surface area contributed by atoms with Crippen molar-refractivity contribution in [3.05, 3.63) is 95.0 Å². The van der Waals surface area contributed by atoms with E-state index in [2.05, 4.69) is 5.32 Å². The summed E-state index contributed by atoms with van der Waals surface area (Å²) in [6, 6.07) is 18.9. The van der Waals surface area contributed by atoms with Crippen LogP contribution in [0.3, 0.4) is 0 Å². The number of amides is 4. The largest absolute Gasteiger partial charge is 0.377 e. The Balaban J connectivity index is 1.62. The molecule has 1 N–H and O–H groups in total. The molecule has 1 heterocycles. The normalized spacial score (nSPS) is 15.5. The molecule has 8 nitrogen and oxygen atoms in total. The number of benzene rings is 3. The summed E-state index contributed by atoms with van der Waals surface area (Å²) in [5.41, 5.74) is 0.330. The van der Waals surface area contributed by atoms with E-state index >= 15 is 0 Å². The van der Waals surface area contributed by atoms with Crippen LogP contribution in [0.1, 0.15) is 5.56 Å². The third-order valence-corrected chi connectivity index (χ3v) is 6.16. The van der Waals surface area contributed by atoms with Crippen LogP contribution < -0.4 is 14.4 Å². The minimum atomic E-state index is -4.10. The summed E-state index contributed by atoms with van der Waals surface area (Å²) in [5.74, 6) is -1.79. The van der Waals surface area contributed by atoms with Gasteiger partial charge >= 0.3 is 16.1 Å². The van der Waals surface area contributed by atoms with E-state index in [1.807, 2.05) is 0 Å². The number of imide groups is 2. The molecule has 0 aromatic heterocycles. The Bertz CT molecular complexity index is 1390. The number of urea groups is 1. The Morgan fingerprint density at radius 1 is 0.879 bits per heavy atom. The molecule has 1 aliphatic rings. The third kappa shape index (κ3) is 4.64. The summed E-state index contributed by atoms with van der Waals surface area (Å²) >= 11 is 6.19. The first-order valence-electron chi connectivity index (χ1n) is 9.52. The van der Waals surface area contributed by atoms with Gasteiger partial charge in [0.15, 0.2) is 5.75 Å². The fraction of sp³-hybridized carbons (Fsp3) is 0. The van der Waals surface area contributed by atoms with Crippen molar-refractivity contribution in [3.8, 4) is 5.75 Å². The lowest BCUT2D eigenvalue weighted by Crippen LogP contribution is -2.54. The first kappa shape index (κ1) is 22.3. The van der Waals surface area contributed by atoms with Crippen LogP contribution in [0.5, 0.6) is 5.75 Å². The SMILES string of the molecule is O=C1NC(=O)N(c2ccccc2)C(=O)/C1=C/c1ccc(OS(=O)(=O)c2ccccc2)c(Cl)c1. The van der Waals surface area contributed by atoms with Crippen LogP contribution in [0.4, 0.5) is 10.5 Å². The second-order valence-corrected chi connectivity index (χ2v) is 8.79. The molecule has 0 spiro atoms. The van der Waals surface area contributed by atoms with Gasteiger partial charge in [-0.1, -0.05) is 54.1 Å². The third-order valence-electron chi connectivity index (χ3n) is 4.61.